The molecule has 0 aromatic carbocycles. The van der Waals surface area contributed by atoms with Gasteiger partial charge in [-0.25, -0.2) is 9.59 Å². The van der Waals surface area contributed by atoms with E-state index in [1.165, 1.54) is 23.3 Å². The Hall–Kier alpha value is -2.41. The lowest BCUT2D eigenvalue weighted by Crippen LogP contribution is -2.30. The van der Waals surface area contributed by atoms with Crippen LogP contribution < -0.4 is 10.6 Å². The number of hydrogen-bond donors (Lipinski definition) is 3. The molecule has 0 saturated heterocycles. The standard InChI is InChI=1S/C14H15N3O3S/c1-8-3-4-12(21-8)9(2)16-14(20)17-11-5-10(13(18)19)6-15-7-11/h3-7,9H,1-2H3,(H,18,19)(H2,16,17,20). The maximum absolute atomic E-state index is 11.9. The van der Waals surface area contributed by atoms with Gasteiger partial charge in [-0.3, -0.25) is 4.98 Å². The number of aromatic nitrogens is 1. The fourth-order valence-corrected chi connectivity index (χ4v) is 2.63. The second-order valence-corrected chi connectivity index (χ2v) is 5.86. The molecule has 110 valence electrons. The van der Waals surface area contributed by atoms with Crippen LogP contribution in [0.15, 0.2) is 30.6 Å². The van der Waals surface area contributed by atoms with Gasteiger partial charge in [-0.05, 0) is 32.0 Å². The lowest BCUT2D eigenvalue weighted by atomic mass is 10.2. The van der Waals surface area contributed by atoms with Gasteiger partial charge in [0.25, 0.3) is 0 Å². The Kier molecular flexibility index (Phi) is 4.54. The van der Waals surface area contributed by atoms with Gasteiger partial charge in [0.15, 0.2) is 0 Å². The van der Waals surface area contributed by atoms with Crippen molar-refractivity contribution in [2.24, 2.45) is 0 Å². The summed E-state index contributed by atoms with van der Waals surface area (Å²) in [7, 11) is 0. The smallest absolute Gasteiger partial charge is 0.337 e. The number of rotatable bonds is 4. The molecule has 0 saturated carbocycles. The molecule has 0 spiro atoms. The summed E-state index contributed by atoms with van der Waals surface area (Å²) in [6, 6.07) is 4.79. The molecule has 0 radical (unpaired) electrons. The topological polar surface area (TPSA) is 91.3 Å². The molecule has 1 unspecified atom stereocenters. The van der Waals surface area contributed by atoms with Crippen LogP contribution in [-0.2, 0) is 0 Å². The van der Waals surface area contributed by atoms with Crippen LogP contribution >= 0.6 is 11.3 Å². The summed E-state index contributed by atoms with van der Waals surface area (Å²) in [6.45, 7) is 3.89. The van der Waals surface area contributed by atoms with Gasteiger partial charge < -0.3 is 15.7 Å². The molecule has 2 heterocycles. The van der Waals surface area contributed by atoms with Gasteiger partial charge in [0.2, 0.25) is 0 Å². The van der Waals surface area contributed by atoms with E-state index in [1.807, 2.05) is 26.0 Å². The zero-order valence-corrected chi connectivity index (χ0v) is 12.4. The number of thiophene rings is 1. The van der Waals surface area contributed by atoms with Gasteiger partial charge in [-0.1, -0.05) is 0 Å². The molecule has 2 aromatic rings. The minimum atomic E-state index is -1.09. The molecular formula is C14H15N3O3S. The Bertz CT molecular complexity index is 669. The number of hydrogen-bond acceptors (Lipinski definition) is 4. The van der Waals surface area contributed by atoms with E-state index in [0.29, 0.717) is 5.69 Å². The number of carboxylic acid groups (broad SMARTS) is 1. The zero-order valence-electron chi connectivity index (χ0n) is 11.6. The van der Waals surface area contributed by atoms with E-state index in [-0.39, 0.29) is 11.6 Å². The Labute approximate surface area is 125 Å². The number of aromatic carboxylic acids is 1. The Morgan fingerprint density at radius 3 is 2.71 bits per heavy atom. The summed E-state index contributed by atoms with van der Waals surface area (Å²) in [5.41, 5.74) is 0.358. The molecule has 6 nitrogen and oxygen atoms in total. The lowest BCUT2D eigenvalue weighted by molar-refractivity contribution is 0.0696. The average molecular weight is 305 g/mol. The van der Waals surface area contributed by atoms with Crippen molar-refractivity contribution in [2.45, 2.75) is 19.9 Å². The predicted molar refractivity (Wildman–Crippen MR) is 80.8 cm³/mol. The predicted octanol–water partition coefficient (Wildman–Crippen LogP) is 3.03. The van der Waals surface area contributed by atoms with Crippen LogP contribution in [-0.4, -0.2) is 22.1 Å². The third kappa shape index (κ3) is 4.03. The summed E-state index contributed by atoms with van der Waals surface area (Å²) in [5, 5.41) is 14.2. The zero-order chi connectivity index (χ0) is 15.4. The molecular weight excluding hydrogens is 290 g/mol. The van der Waals surface area contributed by atoms with Crippen LogP contribution in [0.25, 0.3) is 0 Å². The summed E-state index contributed by atoms with van der Waals surface area (Å²) < 4.78 is 0. The number of nitrogens with zero attached hydrogens (tertiary/aromatic N) is 1. The van der Waals surface area contributed by atoms with E-state index in [1.54, 1.807) is 11.3 Å². The summed E-state index contributed by atoms with van der Waals surface area (Å²) in [4.78, 5) is 28.7. The third-order valence-electron chi connectivity index (χ3n) is 2.78. The Balaban J connectivity index is 1.98. The van der Waals surface area contributed by atoms with Crippen LogP contribution in [0, 0.1) is 6.92 Å². The van der Waals surface area contributed by atoms with Crippen molar-refractivity contribution >= 4 is 29.0 Å². The highest BCUT2D eigenvalue weighted by Crippen LogP contribution is 2.22. The number of carbonyl (C=O) groups is 2. The van der Waals surface area contributed by atoms with Crippen molar-refractivity contribution in [1.29, 1.82) is 0 Å². The lowest BCUT2D eigenvalue weighted by Gasteiger charge is -2.13. The van der Waals surface area contributed by atoms with Crippen LogP contribution in [0.3, 0.4) is 0 Å². The van der Waals surface area contributed by atoms with Crippen molar-refractivity contribution in [2.75, 3.05) is 5.32 Å². The monoisotopic (exact) mass is 305 g/mol. The minimum Gasteiger partial charge on any atom is -0.478 e. The quantitative estimate of drug-likeness (QED) is 0.809. The molecule has 2 aromatic heterocycles. The molecule has 0 aliphatic heterocycles. The van der Waals surface area contributed by atoms with E-state index >= 15 is 0 Å². The van der Waals surface area contributed by atoms with Crippen molar-refractivity contribution in [3.8, 4) is 0 Å². The molecule has 7 heteroatoms. The highest BCUT2D eigenvalue weighted by molar-refractivity contribution is 7.12. The molecule has 0 fully saturated rings. The van der Waals surface area contributed by atoms with E-state index in [0.717, 1.165) is 4.88 Å². The van der Waals surface area contributed by atoms with E-state index in [2.05, 4.69) is 15.6 Å². The molecule has 2 rings (SSSR count). The van der Waals surface area contributed by atoms with Crippen molar-refractivity contribution in [3.05, 3.63) is 45.9 Å². The van der Waals surface area contributed by atoms with Gasteiger partial charge >= 0.3 is 12.0 Å². The first-order chi connectivity index (χ1) is 9.95. The number of carboxylic acids is 1. The van der Waals surface area contributed by atoms with Crippen molar-refractivity contribution in [1.82, 2.24) is 10.3 Å². The van der Waals surface area contributed by atoms with Crippen molar-refractivity contribution < 1.29 is 14.7 Å². The van der Waals surface area contributed by atoms with Gasteiger partial charge in [0.05, 0.1) is 23.5 Å². The number of urea groups is 1. The van der Waals surface area contributed by atoms with E-state index < -0.39 is 12.0 Å². The first-order valence-electron chi connectivity index (χ1n) is 6.28. The van der Waals surface area contributed by atoms with Gasteiger partial charge in [-0.15, -0.1) is 11.3 Å². The second-order valence-electron chi connectivity index (χ2n) is 4.54. The van der Waals surface area contributed by atoms with E-state index in [9.17, 15) is 9.59 Å². The number of nitrogens with one attached hydrogen (secondary N) is 2. The molecule has 0 aliphatic rings. The maximum atomic E-state index is 11.9. The van der Waals surface area contributed by atoms with Gasteiger partial charge in [-0.2, -0.15) is 0 Å². The molecule has 0 bridgehead atoms. The normalized spacial score (nSPS) is 11.7. The minimum absolute atomic E-state index is 0.0229. The maximum Gasteiger partial charge on any atom is 0.337 e. The summed E-state index contributed by atoms with van der Waals surface area (Å²) >= 11 is 1.62. The largest absolute Gasteiger partial charge is 0.478 e. The molecule has 3 N–H and O–H groups in total. The number of carbonyl (C=O) groups excluding carboxylic acids is 1. The molecule has 21 heavy (non-hydrogen) atoms. The fraction of sp³-hybridized carbons (Fsp3) is 0.214. The van der Waals surface area contributed by atoms with Gasteiger partial charge in [0, 0.05) is 16.0 Å². The van der Waals surface area contributed by atoms with Gasteiger partial charge in [0.1, 0.15) is 0 Å². The first-order valence-corrected chi connectivity index (χ1v) is 7.09. The summed E-state index contributed by atoms with van der Waals surface area (Å²) in [5.74, 6) is -1.09. The summed E-state index contributed by atoms with van der Waals surface area (Å²) in [6.07, 6.45) is 2.62. The molecule has 1 atom stereocenters. The highest BCUT2D eigenvalue weighted by atomic mass is 32.1. The Morgan fingerprint density at radius 2 is 2.10 bits per heavy atom. The van der Waals surface area contributed by atoms with Crippen molar-refractivity contribution in [3.63, 3.8) is 0 Å². The first kappa shape index (κ1) is 15.0. The third-order valence-corrected chi connectivity index (χ3v) is 3.96. The second kappa shape index (κ2) is 6.36. The van der Waals surface area contributed by atoms with E-state index in [4.69, 9.17) is 5.11 Å². The van der Waals surface area contributed by atoms with Crippen LogP contribution in [0.5, 0.6) is 0 Å². The average Bonchev–Trinajstić information content (AvgIpc) is 2.85. The van der Waals surface area contributed by atoms with Crippen LogP contribution in [0.1, 0.15) is 33.1 Å². The number of pyridine rings is 1. The number of aryl methyl sites for hydroxylation is 1. The highest BCUT2D eigenvalue weighted by Gasteiger charge is 2.12. The van der Waals surface area contributed by atoms with Crippen LogP contribution in [0.4, 0.5) is 10.5 Å². The Morgan fingerprint density at radius 1 is 1.33 bits per heavy atom. The SMILES string of the molecule is Cc1ccc(C(C)NC(=O)Nc2cncc(C(=O)O)c2)s1. The number of amides is 2. The van der Waals surface area contributed by atoms with Crippen LogP contribution in [0.2, 0.25) is 0 Å². The number of anilines is 1. The fourth-order valence-electron chi connectivity index (χ4n) is 1.75. The molecule has 0 aliphatic carbocycles. The molecule has 2 amide bonds.